The van der Waals surface area contributed by atoms with Gasteiger partial charge >= 0.3 is 0 Å². The largest absolute Gasteiger partial charge is 0.476 e. The number of nitrogens with zero attached hydrogens (tertiary/aromatic N) is 3. The van der Waals surface area contributed by atoms with Gasteiger partial charge in [-0.05, 0) is 42.8 Å². The zero-order chi connectivity index (χ0) is 26.0. The molecule has 1 atom stereocenters. The van der Waals surface area contributed by atoms with Crippen LogP contribution in [0.4, 0.5) is 10.8 Å². The molecule has 1 aliphatic rings. The van der Waals surface area contributed by atoms with Crippen LogP contribution < -0.4 is 14.4 Å². The van der Waals surface area contributed by atoms with E-state index in [-0.39, 0.29) is 22.9 Å². The highest BCUT2D eigenvalue weighted by molar-refractivity contribution is 8.00. The van der Waals surface area contributed by atoms with E-state index in [0.29, 0.717) is 14.5 Å². The second-order valence-electron chi connectivity index (χ2n) is 8.20. The number of fused-ring (bicyclic) bond motifs is 1. The van der Waals surface area contributed by atoms with Gasteiger partial charge in [-0.15, -0.1) is 10.2 Å². The molecule has 0 aliphatic carbocycles. The van der Waals surface area contributed by atoms with Gasteiger partial charge in [0.1, 0.15) is 5.75 Å². The van der Waals surface area contributed by atoms with Crippen molar-refractivity contribution in [3.63, 3.8) is 0 Å². The minimum absolute atomic E-state index is 0.106. The van der Waals surface area contributed by atoms with Gasteiger partial charge in [0.05, 0.1) is 17.1 Å². The molecule has 190 valence electrons. The minimum atomic E-state index is -3.99. The number of nitrogens with one attached hydrogen (secondary N) is 1. The Bertz CT molecular complexity index is 1530. The summed E-state index contributed by atoms with van der Waals surface area (Å²) in [5.74, 6) is 0.434. The molecule has 0 spiro atoms. The first kappa shape index (κ1) is 25.5. The van der Waals surface area contributed by atoms with Gasteiger partial charge in [-0.1, -0.05) is 82.7 Å². The normalized spacial score (nSPS) is 15.1. The number of hydrogen-bond donors (Lipinski definition) is 1. The molecule has 0 radical (unpaired) electrons. The molecule has 5 rings (SSSR count). The standard InChI is InChI=1S/C25H21ClN4O4S3/c1-16-7-10-19(11-8-16)37(32,33)30-14-22(34-21-12-9-18(26)13-20(21)30)23(31)27-24-28-29-25(36-24)35-15-17-5-3-2-4-6-17/h2-13,22H,14-15H2,1H3,(H,27,28,31)/t22-/m1/s1. The lowest BCUT2D eigenvalue weighted by Crippen LogP contribution is -2.48. The molecule has 1 amide bonds. The molecule has 3 aromatic carbocycles. The van der Waals surface area contributed by atoms with Crippen molar-refractivity contribution in [1.29, 1.82) is 0 Å². The number of hydrogen-bond acceptors (Lipinski definition) is 8. The van der Waals surface area contributed by atoms with Crippen molar-refractivity contribution in [2.45, 2.75) is 28.0 Å². The summed E-state index contributed by atoms with van der Waals surface area (Å²) in [5, 5.41) is 11.6. The Morgan fingerprint density at radius 2 is 1.89 bits per heavy atom. The van der Waals surface area contributed by atoms with E-state index in [1.165, 1.54) is 41.3 Å². The fourth-order valence-electron chi connectivity index (χ4n) is 3.65. The Kier molecular flexibility index (Phi) is 7.38. The van der Waals surface area contributed by atoms with Gasteiger partial charge in [0.2, 0.25) is 5.13 Å². The van der Waals surface area contributed by atoms with Gasteiger partial charge in [-0.25, -0.2) is 8.42 Å². The molecule has 8 nitrogen and oxygen atoms in total. The van der Waals surface area contributed by atoms with E-state index in [9.17, 15) is 13.2 Å². The van der Waals surface area contributed by atoms with Crippen molar-refractivity contribution >= 4 is 61.4 Å². The lowest BCUT2D eigenvalue weighted by Gasteiger charge is -2.34. The van der Waals surface area contributed by atoms with Crippen molar-refractivity contribution in [3.05, 3.63) is 88.9 Å². The van der Waals surface area contributed by atoms with Gasteiger partial charge in [0.15, 0.2) is 10.4 Å². The van der Waals surface area contributed by atoms with Gasteiger partial charge in [-0.3, -0.25) is 14.4 Å². The summed E-state index contributed by atoms with van der Waals surface area (Å²) < 4.78 is 34.9. The number of ether oxygens (including phenoxy) is 1. The molecule has 37 heavy (non-hydrogen) atoms. The molecular weight excluding hydrogens is 552 g/mol. The lowest BCUT2D eigenvalue weighted by atomic mass is 10.2. The van der Waals surface area contributed by atoms with Gasteiger partial charge in [0.25, 0.3) is 15.9 Å². The van der Waals surface area contributed by atoms with E-state index >= 15 is 0 Å². The van der Waals surface area contributed by atoms with E-state index in [4.69, 9.17) is 16.3 Å². The Morgan fingerprint density at radius 3 is 2.65 bits per heavy atom. The molecule has 1 aliphatic heterocycles. The summed E-state index contributed by atoms with van der Waals surface area (Å²) in [6, 6.07) is 21.1. The molecular formula is C25H21ClN4O4S3. The second-order valence-corrected chi connectivity index (χ2v) is 12.7. The zero-order valence-corrected chi connectivity index (χ0v) is 22.7. The fraction of sp³-hybridized carbons (Fsp3) is 0.160. The van der Waals surface area contributed by atoms with E-state index < -0.39 is 22.0 Å². The average Bonchev–Trinajstić information content (AvgIpc) is 3.34. The molecule has 12 heteroatoms. The van der Waals surface area contributed by atoms with Crippen LogP contribution in [-0.2, 0) is 20.6 Å². The Morgan fingerprint density at radius 1 is 1.14 bits per heavy atom. The van der Waals surface area contributed by atoms with Crippen molar-refractivity contribution < 1.29 is 17.9 Å². The summed E-state index contributed by atoms with van der Waals surface area (Å²) in [5.41, 5.74) is 2.35. The van der Waals surface area contributed by atoms with Crippen LogP contribution in [0.15, 0.2) is 82.0 Å². The number of thioether (sulfide) groups is 1. The van der Waals surface area contributed by atoms with Crippen LogP contribution in [-0.4, -0.2) is 37.2 Å². The number of aryl methyl sites for hydroxylation is 1. The molecule has 0 saturated carbocycles. The highest BCUT2D eigenvalue weighted by atomic mass is 35.5. The molecule has 0 fully saturated rings. The van der Waals surface area contributed by atoms with E-state index in [1.807, 2.05) is 37.3 Å². The fourth-order valence-corrected chi connectivity index (χ4v) is 6.99. The van der Waals surface area contributed by atoms with Crippen molar-refractivity contribution in [2.75, 3.05) is 16.2 Å². The number of amides is 1. The molecule has 1 aromatic heterocycles. The summed E-state index contributed by atoms with van der Waals surface area (Å²) in [6.45, 7) is 1.64. The first-order valence-electron chi connectivity index (χ1n) is 11.2. The summed E-state index contributed by atoms with van der Waals surface area (Å²) in [7, 11) is -3.99. The maximum Gasteiger partial charge on any atom is 0.269 e. The number of sulfonamides is 1. The maximum atomic E-state index is 13.6. The van der Waals surface area contributed by atoms with Crippen LogP contribution in [0.2, 0.25) is 5.02 Å². The van der Waals surface area contributed by atoms with Crippen LogP contribution in [0.25, 0.3) is 0 Å². The van der Waals surface area contributed by atoms with Gasteiger partial charge in [-0.2, -0.15) is 0 Å². The van der Waals surface area contributed by atoms with E-state index in [1.54, 1.807) is 24.3 Å². The third kappa shape index (κ3) is 5.74. The monoisotopic (exact) mass is 572 g/mol. The molecule has 0 bridgehead atoms. The van der Waals surface area contributed by atoms with Crippen molar-refractivity contribution in [3.8, 4) is 5.75 Å². The number of aromatic nitrogens is 2. The summed E-state index contributed by atoms with van der Waals surface area (Å²) in [6.07, 6.45) is -1.11. The first-order valence-corrected chi connectivity index (χ1v) is 14.8. The SMILES string of the molecule is Cc1ccc(S(=O)(=O)N2C[C@H](C(=O)Nc3nnc(SCc4ccccc4)s3)Oc3ccc(Cl)cc32)cc1. The third-order valence-corrected chi connectivity index (χ3v) is 9.61. The molecule has 0 saturated heterocycles. The van der Waals surface area contributed by atoms with Gasteiger partial charge in [0, 0.05) is 10.8 Å². The lowest BCUT2D eigenvalue weighted by molar-refractivity contribution is -0.122. The predicted octanol–water partition coefficient (Wildman–Crippen LogP) is 5.39. The van der Waals surface area contributed by atoms with Crippen LogP contribution in [0.1, 0.15) is 11.1 Å². The average molecular weight is 573 g/mol. The number of halogens is 1. The quantitative estimate of drug-likeness (QED) is 0.234. The minimum Gasteiger partial charge on any atom is -0.476 e. The summed E-state index contributed by atoms with van der Waals surface area (Å²) in [4.78, 5) is 13.2. The van der Waals surface area contributed by atoms with Crippen molar-refractivity contribution in [1.82, 2.24) is 10.2 Å². The second kappa shape index (κ2) is 10.7. The molecule has 4 aromatic rings. The summed E-state index contributed by atoms with van der Waals surface area (Å²) >= 11 is 8.91. The Hall–Kier alpha value is -3.12. The molecule has 2 heterocycles. The highest BCUT2D eigenvalue weighted by Gasteiger charge is 2.38. The number of carbonyl (C=O) groups excluding carboxylic acids is 1. The number of rotatable bonds is 7. The third-order valence-electron chi connectivity index (χ3n) is 5.53. The number of benzene rings is 3. The molecule has 0 unspecified atom stereocenters. The zero-order valence-electron chi connectivity index (χ0n) is 19.5. The van der Waals surface area contributed by atoms with Crippen LogP contribution in [0.5, 0.6) is 5.75 Å². The maximum absolute atomic E-state index is 13.6. The molecule has 1 N–H and O–H groups in total. The Balaban J connectivity index is 1.34. The van der Waals surface area contributed by atoms with Crippen LogP contribution in [0.3, 0.4) is 0 Å². The van der Waals surface area contributed by atoms with Gasteiger partial charge < -0.3 is 4.74 Å². The smallest absolute Gasteiger partial charge is 0.269 e. The topological polar surface area (TPSA) is 101 Å². The highest BCUT2D eigenvalue weighted by Crippen LogP contribution is 2.39. The van der Waals surface area contributed by atoms with Crippen molar-refractivity contribution in [2.24, 2.45) is 0 Å². The number of carbonyl (C=O) groups is 1. The van der Waals surface area contributed by atoms with E-state index in [2.05, 4.69) is 15.5 Å². The number of anilines is 2. The van der Waals surface area contributed by atoms with Crippen LogP contribution >= 0.6 is 34.7 Å². The van der Waals surface area contributed by atoms with Crippen LogP contribution in [0, 0.1) is 6.92 Å². The first-order chi connectivity index (χ1) is 17.8. The van der Waals surface area contributed by atoms with E-state index in [0.717, 1.165) is 21.2 Å². The predicted molar refractivity (Wildman–Crippen MR) is 146 cm³/mol. The Labute approximate surface area is 227 Å².